The van der Waals surface area contributed by atoms with Crippen molar-refractivity contribution in [1.29, 1.82) is 0 Å². The molecule has 0 atom stereocenters. The molecule has 0 aliphatic carbocycles. The number of hydrogen-bond donors (Lipinski definition) is 0. The first kappa shape index (κ1) is 31.5. The second kappa shape index (κ2) is 23.6. The van der Waals surface area contributed by atoms with Crippen LogP contribution in [0.3, 0.4) is 0 Å². The average molecular weight is 453 g/mol. The first-order valence-corrected chi connectivity index (χ1v) is 14.6. The Morgan fingerprint density at radius 1 is 0.531 bits per heavy atom. The van der Waals surface area contributed by atoms with Gasteiger partial charge in [-0.15, -0.1) is 0 Å². The minimum absolute atomic E-state index is 0.00716. The van der Waals surface area contributed by atoms with Crippen molar-refractivity contribution < 1.29 is 9.53 Å². The predicted molar refractivity (Wildman–Crippen MR) is 142 cm³/mol. The Morgan fingerprint density at radius 3 is 1.31 bits per heavy atom. The molecule has 0 bridgehead atoms. The van der Waals surface area contributed by atoms with Crippen molar-refractivity contribution in [2.24, 2.45) is 5.41 Å². The topological polar surface area (TPSA) is 26.3 Å². The minimum atomic E-state index is 0.00716. The van der Waals surface area contributed by atoms with Gasteiger partial charge in [-0.3, -0.25) is 4.79 Å². The SMILES string of the molecule is CCCCCCCCCCCCCCCCCCCCOC(=O)CCCCCC(C)(C)C. The van der Waals surface area contributed by atoms with Crippen LogP contribution in [0.15, 0.2) is 0 Å². The van der Waals surface area contributed by atoms with Crippen molar-refractivity contribution in [3.63, 3.8) is 0 Å². The summed E-state index contributed by atoms with van der Waals surface area (Å²) in [5, 5.41) is 0. The summed E-state index contributed by atoms with van der Waals surface area (Å²) in [7, 11) is 0. The molecule has 2 nitrogen and oxygen atoms in total. The van der Waals surface area contributed by atoms with Crippen molar-refractivity contribution in [2.45, 2.75) is 175 Å². The van der Waals surface area contributed by atoms with E-state index < -0.39 is 0 Å². The highest BCUT2D eigenvalue weighted by Gasteiger charge is 2.09. The molecule has 0 unspecified atom stereocenters. The summed E-state index contributed by atoms with van der Waals surface area (Å²) in [6, 6.07) is 0. The molecule has 0 heterocycles. The molecule has 0 spiro atoms. The summed E-state index contributed by atoms with van der Waals surface area (Å²) in [5.41, 5.74) is 0.410. The van der Waals surface area contributed by atoms with Crippen molar-refractivity contribution in [3.8, 4) is 0 Å². The van der Waals surface area contributed by atoms with E-state index >= 15 is 0 Å². The van der Waals surface area contributed by atoms with Crippen LogP contribution >= 0.6 is 0 Å². The standard InChI is InChI=1S/C30H60O2/c1-5-6-7-8-9-10-11-12-13-14-15-16-17-18-19-20-21-25-28-32-29(31)26-23-22-24-27-30(2,3)4/h5-28H2,1-4H3. The molecule has 0 aromatic carbocycles. The predicted octanol–water partition coefficient (Wildman–Crippen LogP) is 10.6. The van der Waals surface area contributed by atoms with Gasteiger partial charge in [0.2, 0.25) is 0 Å². The van der Waals surface area contributed by atoms with Gasteiger partial charge in [0.1, 0.15) is 0 Å². The second-order valence-electron chi connectivity index (χ2n) is 11.4. The highest BCUT2D eigenvalue weighted by atomic mass is 16.5. The Balaban J connectivity index is 3.15. The number of unbranched alkanes of at least 4 members (excludes halogenated alkanes) is 19. The molecule has 0 aromatic heterocycles. The lowest BCUT2D eigenvalue weighted by atomic mass is 9.89. The van der Waals surface area contributed by atoms with Crippen LogP contribution in [0.25, 0.3) is 0 Å². The van der Waals surface area contributed by atoms with Crippen LogP contribution < -0.4 is 0 Å². The Morgan fingerprint density at radius 2 is 0.906 bits per heavy atom. The van der Waals surface area contributed by atoms with E-state index in [4.69, 9.17) is 4.74 Å². The Labute approximate surface area is 203 Å². The third kappa shape index (κ3) is 27.5. The molecule has 0 rings (SSSR count). The van der Waals surface area contributed by atoms with Crippen molar-refractivity contribution in [2.75, 3.05) is 6.61 Å². The third-order valence-electron chi connectivity index (χ3n) is 6.57. The summed E-state index contributed by atoms with van der Waals surface area (Å²) >= 11 is 0. The van der Waals surface area contributed by atoms with E-state index in [1.165, 1.54) is 122 Å². The normalized spacial score (nSPS) is 11.8. The van der Waals surface area contributed by atoms with Gasteiger partial charge < -0.3 is 4.74 Å². The van der Waals surface area contributed by atoms with Crippen molar-refractivity contribution in [1.82, 2.24) is 0 Å². The van der Waals surface area contributed by atoms with Crippen LogP contribution in [-0.4, -0.2) is 12.6 Å². The summed E-state index contributed by atoms with van der Waals surface area (Å²) < 4.78 is 5.38. The van der Waals surface area contributed by atoms with Gasteiger partial charge >= 0.3 is 5.97 Å². The highest BCUT2D eigenvalue weighted by molar-refractivity contribution is 5.69. The molecule has 0 aromatic rings. The maximum absolute atomic E-state index is 11.8. The lowest BCUT2D eigenvalue weighted by Crippen LogP contribution is -2.06. The van der Waals surface area contributed by atoms with Gasteiger partial charge in [-0.05, 0) is 24.7 Å². The molecule has 0 N–H and O–H groups in total. The van der Waals surface area contributed by atoms with Crippen LogP contribution in [0, 0.1) is 5.41 Å². The number of hydrogen-bond acceptors (Lipinski definition) is 2. The molecule has 0 amide bonds. The van der Waals surface area contributed by atoms with Gasteiger partial charge in [-0.1, -0.05) is 150 Å². The highest BCUT2D eigenvalue weighted by Crippen LogP contribution is 2.22. The first-order chi connectivity index (χ1) is 15.5. The van der Waals surface area contributed by atoms with E-state index in [1.54, 1.807) is 0 Å². The smallest absolute Gasteiger partial charge is 0.305 e. The van der Waals surface area contributed by atoms with Crippen LogP contribution in [-0.2, 0) is 9.53 Å². The fourth-order valence-corrected chi connectivity index (χ4v) is 4.36. The summed E-state index contributed by atoms with van der Waals surface area (Å²) in [5.74, 6) is 0.00716. The molecule has 0 saturated heterocycles. The summed E-state index contributed by atoms with van der Waals surface area (Å²) in [6.45, 7) is 9.75. The first-order valence-electron chi connectivity index (χ1n) is 14.6. The molecule has 0 saturated carbocycles. The third-order valence-corrected chi connectivity index (χ3v) is 6.57. The van der Waals surface area contributed by atoms with Crippen LogP contribution in [0.5, 0.6) is 0 Å². The molecule has 0 radical (unpaired) electrons. The number of rotatable bonds is 24. The van der Waals surface area contributed by atoms with E-state index in [2.05, 4.69) is 27.7 Å². The Hall–Kier alpha value is -0.530. The monoisotopic (exact) mass is 452 g/mol. The fourth-order valence-electron chi connectivity index (χ4n) is 4.36. The molecule has 0 aliphatic rings. The number of esters is 1. The number of carbonyl (C=O) groups is 1. The zero-order valence-corrected chi connectivity index (χ0v) is 22.8. The number of carbonyl (C=O) groups excluding carboxylic acids is 1. The van der Waals surface area contributed by atoms with Gasteiger partial charge in [0.25, 0.3) is 0 Å². The molecular weight excluding hydrogens is 392 g/mol. The maximum atomic E-state index is 11.8. The largest absolute Gasteiger partial charge is 0.466 e. The van der Waals surface area contributed by atoms with Crippen molar-refractivity contribution >= 4 is 5.97 Å². The van der Waals surface area contributed by atoms with Gasteiger partial charge in [0.05, 0.1) is 6.61 Å². The van der Waals surface area contributed by atoms with E-state index in [0.29, 0.717) is 18.4 Å². The second-order valence-corrected chi connectivity index (χ2v) is 11.4. The van der Waals surface area contributed by atoms with Gasteiger partial charge in [-0.2, -0.15) is 0 Å². The molecule has 2 heteroatoms. The Kier molecular flexibility index (Phi) is 23.2. The quantitative estimate of drug-likeness (QED) is 0.107. The molecule has 192 valence electrons. The lowest BCUT2D eigenvalue weighted by Gasteiger charge is -2.17. The fraction of sp³-hybridized carbons (Fsp3) is 0.967. The van der Waals surface area contributed by atoms with Gasteiger partial charge in [-0.25, -0.2) is 0 Å². The minimum Gasteiger partial charge on any atom is -0.466 e. The lowest BCUT2D eigenvalue weighted by molar-refractivity contribution is -0.143. The van der Waals surface area contributed by atoms with E-state index in [-0.39, 0.29) is 5.97 Å². The molecule has 0 fully saturated rings. The van der Waals surface area contributed by atoms with Crippen LogP contribution in [0.4, 0.5) is 0 Å². The summed E-state index contributed by atoms with van der Waals surface area (Å²) in [4.78, 5) is 11.8. The van der Waals surface area contributed by atoms with Crippen LogP contribution in [0.1, 0.15) is 175 Å². The summed E-state index contributed by atoms with van der Waals surface area (Å²) in [6.07, 6.45) is 30.1. The van der Waals surface area contributed by atoms with Gasteiger partial charge in [0, 0.05) is 6.42 Å². The van der Waals surface area contributed by atoms with Crippen molar-refractivity contribution in [3.05, 3.63) is 0 Å². The molecule has 0 aliphatic heterocycles. The molecule has 32 heavy (non-hydrogen) atoms. The zero-order chi connectivity index (χ0) is 23.8. The molecular formula is C30H60O2. The van der Waals surface area contributed by atoms with E-state index in [1.807, 2.05) is 0 Å². The number of ether oxygens (including phenoxy) is 1. The van der Waals surface area contributed by atoms with Crippen LogP contribution in [0.2, 0.25) is 0 Å². The van der Waals surface area contributed by atoms with E-state index in [9.17, 15) is 4.79 Å². The zero-order valence-electron chi connectivity index (χ0n) is 22.8. The van der Waals surface area contributed by atoms with Gasteiger partial charge in [0.15, 0.2) is 0 Å². The maximum Gasteiger partial charge on any atom is 0.305 e. The van der Waals surface area contributed by atoms with E-state index in [0.717, 1.165) is 19.3 Å². The average Bonchev–Trinajstić information content (AvgIpc) is 2.74. The Bertz CT molecular complexity index is 383.